The molecular formula is C9H9ClF3N3O2. The summed E-state index contributed by atoms with van der Waals surface area (Å²) in [7, 11) is 2.25. The summed E-state index contributed by atoms with van der Waals surface area (Å²) in [6, 6.07) is 1.12. The Morgan fingerprint density at radius 1 is 1.50 bits per heavy atom. The smallest absolute Gasteiger partial charge is 0.405 e. The first-order valence-corrected chi connectivity index (χ1v) is 5.02. The minimum atomic E-state index is -4.42. The van der Waals surface area contributed by atoms with Gasteiger partial charge < -0.3 is 9.64 Å². The van der Waals surface area contributed by atoms with Gasteiger partial charge in [-0.2, -0.15) is 13.2 Å². The van der Waals surface area contributed by atoms with Crippen LogP contribution in [0.25, 0.3) is 0 Å². The van der Waals surface area contributed by atoms with Crippen LogP contribution in [-0.2, 0) is 4.74 Å². The third-order valence-corrected chi connectivity index (χ3v) is 2.14. The quantitative estimate of drug-likeness (QED) is 0.793. The summed E-state index contributed by atoms with van der Waals surface area (Å²) in [6.45, 7) is -1.25. The topological polar surface area (TPSA) is 55.3 Å². The van der Waals surface area contributed by atoms with Crippen molar-refractivity contribution in [3.8, 4) is 0 Å². The number of carbonyl (C=O) groups excluding carboxylic acids is 1. The molecule has 0 aliphatic heterocycles. The molecule has 0 aliphatic rings. The fourth-order valence-corrected chi connectivity index (χ4v) is 1.39. The van der Waals surface area contributed by atoms with Crippen molar-refractivity contribution in [2.24, 2.45) is 0 Å². The lowest BCUT2D eigenvalue weighted by molar-refractivity contribution is -0.119. The Hall–Kier alpha value is -1.57. The lowest BCUT2D eigenvalue weighted by Gasteiger charge is -2.21. The van der Waals surface area contributed by atoms with Gasteiger partial charge in [0, 0.05) is 13.1 Å². The van der Waals surface area contributed by atoms with Gasteiger partial charge in [-0.05, 0) is 0 Å². The molecular weight excluding hydrogens is 275 g/mol. The molecule has 0 atom stereocenters. The number of hydrogen-bond donors (Lipinski definition) is 0. The van der Waals surface area contributed by atoms with Gasteiger partial charge in [0.15, 0.2) is 10.8 Å². The van der Waals surface area contributed by atoms with E-state index in [9.17, 15) is 18.0 Å². The summed E-state index contributed by atoms with van der Waals surface area (Å²) < 4.78 is 41.2. The van der Waals surface area contributed by atoms with Crippen LogP contribution in [0, 0.1) is 0 Å². The highest BCUT2D eigenvalue weighted by Gasteiger charge is 2.31. The van der Waals surface area contributed by atoms with E-state index in [0.29, 0.717) is 0 Å². The van der Waals surface area contributed by atoms with Gasteiger partial charge >= 0.3 is 12.1 Å². The van der Waals surface area contributed by atoms with Gasteiger partial charge in [-0.25, -0.2) is 4.79 Å². The van der Waals surface area contributed by atoms with Crippen LogP contribution in [0.5, 0.6) is 0 Å². The van der Waals surface area contributed by atoms with E-state index in [2.05, 4.69) is 14.9 Å². The van der Waals surface area contributed by atoms with Crippen LogP contribution in [0.15, 0.2) is 6.07 Å². The van der Waals surface area contributed by atoms with Crippen molar-refractivity contribution in [3.63, 3.8) is 0 Å². The normalized spacial score (nSPS) is 11.2. The third-order valence-electron chi connectivity index (χ3n) is 1.95. The first-order chi connectivity index (χ1) is 8.24. The average Bonchev–Trinajstić information content (AvgIpc) is 2.25. The number of aromatic nitrogens is 2. The Kier molecular flexibility index (Phi) is 4.33. The number of hydrogen-bond acceptors (Lipinski definition) is 5. The first-order valence-electron chi connectivity index (χ1n) is 4.64. The number of anilines is 1. The molecule has 0 fully saturated rings. The van der Waals surface area contributed by atoms with Crippen LogP contribution in [0.2, 0.25) is 5.15 Å². The third kappa shape index (κ3) is 3.73. The number of halogens is 4. The molecule has 0 saturated heterocycles. The lowest BCUT2D eigenvalue weighted by Crippen LogP contribution is -2.32. The van der Waals surface area contributed by atoms with Crippen molar-refractivity contribution >= 4 is 23.3 Å². The van der Waals surface area contributed by atoms with Gasteiger partial charge in [0.25, 0.3) is 0 Å². The molecule has 0 amide bonds. The van der Waals surface area contributed by atoms with E-state index in [-0.39, 0.29) is 16.5 Å². The molecule has 0 N–H and O–H groups in total. The van der Waals surface area contributed by atoms with Crippen LogP contribution in [0.4, 0.5) is 18.9 Å². The van der Waals surface area contributed by atoms with E-state index >= 15 is 0 Å². The first kappa shape index (κ1) is 14.5. The van der Waals surface area contributed by atoms with E-state index < -0.39 is 18.7 Å². The zero-order valence-corrected chi connectivity index (χ0v) is 10.2. The summed E-state index contributed by atoms with van der Waals surface area (Å²) in [5, 5.41) is 6.71. The van der Waals surface area contributed by atoms with E-state index in [1.165, 1.54) is 0 Å². The van der Waals surface area contributed by atoms with Crippen molar-refractivity contribution in [1.82, 2.24) is 10.2 Å². The van der Waals surface area contributed by atoms with E-state index in [4.69, 9.17) is 11.6 Å². The molecule has 0 bridgehead atoms. The fourth-order valence-electron chi connectivity index (χ4n) is 1.25. The molecule has 0 radical (unpaired) electrons. The number of ether oxygens (including phenoxy) is 1. The van der Waals surface area contributed by atoms with Gasteiger partial charge in [-0.3, -0.25) is 0 Å². The summed E-state index contributed by atoms with van der Waals surface area (Å²) >= 11 is 5.55. The highest BCUT2D eigenvalue weighted by Crippen LogP contribution is 2.24. The van der Waals surface area contributed by atoms with Gasteiger partial charge in [0.2, 0.25) is 0 Å². The lowest BCUT2D eigenvalue weighted by atomic mass is 10.3. The largest absolute Gasteiger partial charge is 0.464 e. The second kappa shape index (κ2) is 5.38. The van der Waals surface area contributed by atoms with E-state index in [1.54, 1.807) is 0 Å². The summed E-state index contributed by atoms with van der Waals surface area (Å²) in [5.41, 5.74) is -0.423. The number of rotatable bonds is 3. The van der Waals surface area contributed by atoms with Crippen molar-refractivity contribution in [3.05, 3.63) is 16.9 Å². The molecule has 0 saturated carbocycles. The minimum absolute atomic E-state index is 0.0980. The second-order valence-electron chi connectivity index (χ2n) is 3.36. The monoisotopic (exact) mass is 283 g/mol. The number of nitrogens with zero attached hydrogens (tertiary/aromatic N) is 3. The van der Waals surface area contributed by atoms with Crippen LogP contribution in [-0.4, -0.2) is 43.0 Å². The SMILES string of the molecule is COC(=O)c1nnc(Cl)cc1N(C)CC(F)(F)F. The molecule has 1 heterocycles. The molecule has 1 aromatic rings. The minimum Gasteiger partial charge on any atom is -0.464 e. The zero-order chi connectivity index (χ0) is 13.9. The molecule has 100 valence electrons. The second-order valence-corrected chi connectivity index (χ2v) is 3.75. The Morgan fingerprint density at radius 2 is 2.11 bits per heavy atom. The predicted molar refractivity (Wildman–Crippen MR) is 57.7 cm³/mol. The fraction of sp³-hybridized carbons (Fsp3) is 0.444. The van der Waals surface area contributed by atoms with Crippen molar-refractivity contribution < 1.29 is 22.7 Å². The Balaban J connectivity index is 3.12. The Labute approximate surface area is 105 Å². The van der Waals surface area contributed by atoms with Crippen LogP contribution < -0.4 is 4.90 Å². The van der Waals surface area contributed by atoms with Crippen molar-refractivity contribution in [2.75, 3.05) is 25.6 Å². The average molecular weight is 284 g/mol. The maximum Gasteiger partial charge on any atom is 0.405 e. The molecule has 9 heteroatoms. The number of esters is 1. The summed E-state index contributed by atoms with van der Waals surface area (Å²) in [4.78, 5) is 12.1. The molecule has 18 heavy (non-hydrogen) atoms. The molecule has 0 unspecified atom stereocenters. The molecule has 5 nitrogen and oxygen atoms in total. The Morgan fingerprint density at radius 3 is 2.61 bits per heavy atom. The summed E-state index contributed by atoms with van der Waals surface area (Å²) in [5.74, 6) is -0.886. The maximum atomic E-state index is 12.3. The Bertz CT molecular complexity index is 453. The molecule has 0 aromatic carbocycles. The highest BCUT2D eigenvalue weighted by atomic mass is 35.5. The maximum absolute atomic E-state index is 12.3. The number of alkyl halides is 3. The molecule has 0 spiro atoms. The standard InChI is InChI=1S/C9H9ClF3N3O2/c1-16(4-9(11,12)13)5-3-6(10)14-15-7(5)8(17)18-2/h3H,4H2,1-2H3. The van der Waals surface area contributed by atoms with Crippen molar-refractivity contribution in [2.45, 2.75) is 6.18 Å². The van der Waals surface area contributed by atoms with Crippen LogP contribution in [0.3, 0.4) is 0 Å². The number of methoxy groups -OCH3 is 1. The zero-order valence-electron chi connectivity index (χ0n) is 9.45. The van der Waals surface area contributed by atoms with Gasteiger partial charge in [0.1, 0.15) is 6.54 Å². The molecule has 1 aromatic heterocycles. The van der Waals surface area contributed by atoms with E-state index in [1.807, 2.05) is 0 Å². The van der Waals surface area contributed by atoms with Crippen LogP contribution in [0.1, 0.15) is 10.5 Å². The molecule has 0 aliphatic carbocycles. The van der Waals surface area contributed by atoms with Gasteiger partial charge in [0.05, 0.1) is 12.8 Å². The number of carbonyl (C=O) groups is 1. The predicted octanol–water partition coefficient (Wildman–Crippen LogP) is 1.92. The van der Waals surface area contributed by atoms with Gasteiger partial charge in [-0.15, -0.1) is 10.2 Å². The summed E-state index contributed by atoms with van der Waals surface area (Å²) in [6.07, 6.45) is -4.42. The van der Waals surface area contributed by atoms with Crippen molar-refractivity contribution in [1.29, 1.82) is 0 Å². The van der Waals surface area contributed by atoms with Crippen LogP contribution >= 0.6 is 11.6 Å². The highest BCUT2D eigenvalue weighted by molar-refractivity contribution is 6.29. The van der Waals surface area contributed by atoms with E-state index in [0.717, 1.165) is 25.1 Å². The molecule has 1 rings (SSSR count). The van der Waals surface area contributed by atoms with Gasteiger partial charge in [-0.1, -0.05) is 11.6 Å².